The number of aliphatic hydroxyl groups is 1. The summed E-state index contributed by atoms with van der Waals surface area (Å²) in [7, 11) is -2.34. The Hall–Kier alpha value is -2.40. The number of aliphatic hydroxyl groups excluding tert-OH is 1. The summed E-state index contributed by atoms with van der Waals surface area (Å²) in [6.45, 7) is 3.25. The molecule has 0 spiro atoms. The van der Waals surface area contributed by atoms with Gasteiger partial charge in [0, 0.05) is 19.5 Å². The normalized spacial score (nSPS) is 20.6. The lowest BCUT2D eigenvalue weighted by atomic mass is 9.96. The van der Waals surface area contributed by atoms with E-state index in [-0.39, 0.29) is 49.5 Å². The average molecular weight is 482 g/mol. The zero-order valence-electron chi connectivity index (χ0n) is 18.7. The van der Waals surface area contributed by atoms with Crippen LogP contribution in [-0.2, 0) is 29.0 Å². The van der Waals surface area contributed by atoms with Crippen LogP contribution in [0.2, 0.25) is 0 Å². The third kappa shape index (κ3) is 6.80. The molecule has 2 atom stereocenters. The number of methoxy groups -OCH3 is 1. The Labute approximate surface area is 194 Å². The average Bonchev–Trinajstić information content (AvgIpc) is 3.67. The number of esters is 1. The van der Waals surface area contributed by atoms with Crippen molar-refractivity contribution in [2.75, 3.05) is 40.0 Å². The van der Waals surface area contributed by atoms with Crippen molar-refractivity contribution in [2.45, 2.75) is 30.4 Å². The van der Waals surface area contributed by atoms with Gasteiger partial charge >= 0.3 is 5.97 Å². The highest BCUT2D eigenvalue weighted by Crippen LogP contribution is 2.42. The molecule has 1 N–H and O–H groups in total. The van der Waals surface area contributed by atoms with Gasteiger partial charge in [0.05, 0.1) is 25.2 Å². The molecule has 1 saturated carbocycles. The Morgan fingerprint density at radius 3 is 2.61 bits per heavy atom. The SMILES string of the molecule is C=CCOC(=O)C1=C[C@H](C2CC2)C[C@H](OCCN(CCO)S(=O)(=O)c2ccc(OC)cc2)O1. The molecule has 1 aliphatic heterocycles. The summed E-state index contributed by atoms with van der Waals surface area (Å²) in [5.41, 5.74) is 0. The molecule has 10 heteroatoms. The molecule has 0 aromatic heterocycles. The van der Waals surface area contributed by atoms with E-state index in [1.165, 1.54) is 25.3 Å². The summed E-state index contributed by atoms with van der Waals surface area (Å²) < 4.78 is 48.8. The molecule has 0 saturated heterocycles. The maximum absolute atomic E-state index is 13.0. The van der Waals surface area contributed by atoms with Crippen LogP contribution in [0.5, 0.6) is 5.75 Å². The van der Waals surface area contributed by atoms with E-state index in [2.05, 4.69) is 6.58 Å². The maximum atomic E-state index is 13.0. The molecule has 182 valence electrons. The zero-order chi connectivity index (χ0) is 23.8. The topological polar surface area (TPSA) is 112 Å². The third-order valence-corrected chi connectivity index (χ3v) is 7.45. The van der Waals surface area contributed by atoms with Crippen LogP contribution in [0.3, 0.4) is 0 Å². The number of hydrogen-bond acceptors (Lipinski definition) is 8. The molecular weight excluding hydrogens is 450 g/mol. The first-order chi connectivity index (χ1) is 15.9. The minimum Gasteiger partial charge on any atom is -0.497 e. The smallest absolute Gasteiger partial charge is 0.373 e. The van der Waals surface area contributed by atoms with E-state index in [1.54, 1.807) is 18.2 Å². The first-order valence-electron chi connectivity index (χ1n) is 10.9. The second kappa shape index (κ2) is 11.6. The fourth-order valence-electron chi connectivity index (χ4n) is 3.64. The standard InChI is InChI=1S/C23H31NO8S/c1-3-13-31-23(26)21-15-18(17-4-5-17)16-22(32-21)30-14-11-24(10-12-25)33(27,28)20-8-6-19(29-2)7-9-20/h3,6-9,15,17-18,22,25H,1,4-5,10-14,16H2,2H3/t18-,22+/m0/s1. The van der Waals surface area contributed by atoms with Crippen molar-refractivity contribution < 1.29 is 37.3 Å². The van der Waals surface area contributed by atoms with E-state index in [0.29, 0.717) is 18.1 Å². The van der Waals surface area contributed by atoms with E-state index in [1.807, 2.05) is 0 Å². The lowest BCUT2D eigenvalue weighted by molar-refractivity contribution is -0.163. The van der Waals surface area contributed by atoms with Crippen LogP contribution in [0.4, 0.5) is 0 Å². The van der Waals surface area contributed by atoms with Gasteiger partial charge in [0.25, 0.3) is 0 Å². The third-order valence-electron chi connectivity index (χ3n) is 5.54. The van der Waals surface area contributed by atoms with Crippen molar-refractivity contribution in [3.63, 3.8) is 0 Å². The summed E-state index contributed by atoms with van der Waals surface area (Å²) in [5.74, 6) is 0.720. The zero-order valence-corrected chi connectivity index (χ0v) is 19.5. The van der Waals surface area contributed by atoms with Crippen LogP contribution in [0.25, 0.3) is 0 Å². The molecule has 0 amide bonds. The molecule has 9 nitrogen and oxygen atoms in total. The molecule has 0 radical (unpaired) electrons. The lowest BCUT2D eigenvalue weighted by Crippen LogP contribution is -2.38. The van der Waals surface area contributed by atoms with Crippen LogP contribution >= 0.6 is 0 Å². The molecule has 1 aliphatic carbocycles. The van der Waals surface area contributed by atoms with Gasteiger partial charge in [-0.2, -0.15) is 4.31 Å². The largest absolute Gasteiger partial charge is 0.497 e. The minimum absolute atomic E-state index is 0.0167. The van der Waals surface area contributed by atoms with Crippen LogP contribution in [-0.4, -0.2) is 70.1 Å². The first kappa shape index (κ1) is 25.2. The van der Waals surface area contributed by atoms with E-state index in [9.17, 15) is 18.3 Å². The molecule has 1 aromatic rings. The van der Waals surface area contributed by atoms with E-state index >= 15 is 0 Å². The summed E-state index contributed by atoms with van der Waals surface area (Å²) in [6.07, 6.45) is 5.35. The number of carbonyl (C=O) groups excluding carboxylic acids is 1. The monoisotopic (exact) mass is 481 g/mol. The molecule has 1 aromatic carbocycles. The second-order valence-electron chi connectivity index (χ2n) is 7.88. The Balaban J connectivity index is 1.61. The van der Waals surface area contributed by atoms with Crippen LogP contribution < -0.4 is 4.74 Å². The Morgan fingerprint density at radius 1 is 1.27 bits per heavy atom. The van der Waals surface area contributed by atoms with Crippen molar-refractivity contribution in [1.82, 2.24) is 4.31 Å². The fourth-order valence-corrected chi connectivity index (χ4v) is 5.05. The quantitative estimate of drug-likeness (QED) is 0.337. The van der Waals surface area contributed by atoms with Gasteiger partial charge in [0.2, 0.25) is 22.1 Å². The summed E-state index contributed by atoms with van der Waals surface area (Å²) in [5, 5.41) is 9.39. The second-order valence-corrected chi connectivity index (χ2v) is 9.81. The molecule has 0 bridgehead atoms. The lowest BCUT2D eigenvalue weighted by Gasteiger charge is -2.29. The van der Waals surface area contributed by atoms with E-state index in [0.717, 1.165) is 17.1 Å². The number of benzene rings is 1. The molecule has 0 unspecified atom stereocenters. The predicted molar refractivity (Wildman–Crippen MR) is 120 cm³/mol. The van der Waals surface area contributed by atoms with Gasteiger partial charge in [-0.1, -0.05) is 12.7 Å². The minimum atomic E-state index is -3.84. The molecule has 3 rings (SSSR count). The van der Waals surface area contributed by atoms with Crippen LogP contribution in [0.15, 0.2) is 53.7 Å². The van der Waals surface area contributed by atoms with E-state index in [4.69, 9.17) is 18.9 Å². The molecule has 1 heterocycles. The van der Waals surface area contributed by atoms with Gasteiger partial charge < -0.3 is 24.1 Å². The Bertz CT molecular complexity index is 940. The highest BCUT2D eigenvalue weighted by Gasteiger charge is 2.37. The van der Waals surface area contributed by atoms with Gasteiger partial charge in [0.15, 0.2) is 0 Å². The number of hydrogen-bond donors (Lipinski definition) is 1. The number of ether oxygens (including phenoxy) is 4. The Morgan fingerprint density at radius 2 is 2.00 bits per heavy atom. The highest BCUT2D eigenvalue weighted by molar-refractivity contribution is 7.89. The van der Waals surface area contributed by atoms with Gasteiger partial charge in [0.1, 0.15) is 12.4 Å². The molecule has 1 fully saturated rings. The maximum Gasteiger partial charge on any atom is 0.373 e. The van der Waals surface area contributed by atoms with Crippen molar-refractivity contribution in [2.24, 2.45) is 11.8 Å². The number of sulfonamides is 1. The van der Waals surface area contributed by atoms with Gasteiger partial charge in [-0.05, 0) is 55.0 Å². The van der Waals surface area contributed by atoms with Crippen LogP contribution in [0, 0.1) is 11.8 Å². The van der Waals surface area contributed by atoms with Crippen molar-refractivity contribution >= 4 is 16.0 Å². The van der Waals surface area contributed by atoms with Crippen molar-refractivity contribution in [3.8, 4) is 5.75 Å². The summed E-state index contributed by atoms with van der Waals surface area (Å²) >= 11 is 0. The van der Waals surface area contributed by atoms with Crippen molar-refractivity contribution in [1.29, 1.82) is 0 Å². The van der Waals surface area contributed by atoms with Gasteiger partial charge in [-0.15, -0.1) is 0 Å². The molecule has 2 aliphatic rings. The van der Waals surface area contributed by atoms with Gasteiger partial charge in [-0.25, -0.2) is 13.2 Å². The van der Waals surface area contributed by atoms with Crippen molar-refractivity contribution in [3.05, 3.63) is 48.8 Å². The number of allylic oxidation sites excluding steroid dienone is 1. The van der Waals surface area contributed by atoms with Crippen LogP contribution in [0.1, 0.15) is 19.3 Å². The summed E-state index contributed by atoms with van der Waals surface area (Å²) in [4.78, 5) is 12.3. The van der Waals surface area contributed by atoms with Gasteiger partial charge in [-0.3, -0.25) is 0 Å². The highest BCUT2D eigenvalue weighted by atomic mass is 32.2. The number of carbonyl (C=O) groups is 1. The Kier molecular flexibility index (Phi) is 8.90. The van der Waals surface area contributed by atoms with E-state index < -0.39 is 22.3 Å². The predicted octanol–water partition coefficient (Wildman–Crippen LogP) is 2.08. The molecular formula is C23H31NO8S. The summed E-state index contributed by atoms with van der Waals surface area (Å²) in [6, 6.07) is 6.03. The number of rotatable bonds is 13. The first-order valence-corrected chi connectivity index (χ1v) is 12.4. The fraction of sp³-hybridized carbons (Fsp3) is 0.522. The molecule has 33 heavy (non-hydrogen) atoms. The number of nitrogens with zero attached hydrogens (tertiary/aromatic N) is 1.